The standard InChI is InChI=1S/C10H9F3O3/c1-5-2-6(11)3-8(16-10(12)13)7(5)4-9(14)15/h2-3,10H,4H2,1H3,(H,14,15). The number of carboxylic acid groups (broad SMARTS) is 1. The second kappa shape index (κ2) is 4.87. The molecule has 0 aliphatic rings. The molecule has 0 saturated carbocycles. The quantitative estimate of drug-likeness (QED) is 0.869. The van der Waals surface area contributed by atoms with Crippen molar-refractivity contribution in [2.75, 3.05) is 0 Å². The summed E-state index contributed by atoms with van der Waals surface area (Å²) in [6.45, 7) is -1.69. The number of ether oxygens (including phenoxy) is 1. The lowest BCUT2D eigenvalue weighted by Crippen LogP contribution is -2.09. The minimum Gasteiger partial charge on any atom is -0.481 e. The van der Waals surface area contributed by atoms with Gasteiger partial charge in [-0.2, -0.15) is 8.78 Å². The van der Waals surface area contributed by atoms with Crippen LogP contribution in [0.1, 0.15) is 11.1 Å². The van der Waals surface area contributed by atoms with Crippen LogP contribution in [0.4, 0.5) is 13.2 Å². The summed E-state index contributed by atoms with van der Waals surface area (Å²) in [4.78, 5) is 10.5. The van der Waals surface area contributed by atoms with Crippen LogP contribution < -0.4 is 4.74 Å². The van der Waals surface area contributed by atoms with E-state index in [4.69, 9.17) is 5.11 Å². The van der Waals surface area contributed by atoms with Gasteiger partial charge in [0.05, 0.1) is 6.42 Å². The molecule has 1 aromatic rings. The van der Waals surface area contributed by atoms with E-state index in [0.29, 0.717) is 0 Å². The lowest BCUT2D eigenvalue weighted by molar-refractivity contribution is -0.136. The van der Waals surface area contributed by atoms with Crippen LogP contribution in [-0.2, 0) is 11.2 Å². The Hall–Kier alpha value is -1.72. The van der Waals surface area contributed by atoms with Gasteiger partial charge in [-0.3, -0.25) is 4.79 Å². The van der Waals surface area contributed by atoms with Crippen molar-refractivity contribution >= 4 is 5.97 Å². The molecule has 0 aliphatic carbocycles. The minimum absolute atomic E-state index is 0.0502. The fraction of sp³-hybridized carbons (Fsp3) is 0.300. The number of halogens is 3. The molecule has 0 spiro atoms. The van der Waals surface area contributed by atoms with Crippen molar-refractivity contribution in [1.82, 2.24) is 0 Å². The zero-order valence-corrected chi connectivity index (χ0v) is 8.34. The SMILES string of the molecule is Cc1cc(F)cc(OC(F)F)c1CC(=O)O. The summed E-state index contributed by atoms with van der Waals surface area (Å²) < 4.78 is 41.0. The minimum atomic E-state index is -3.12. The fourth-order valence-electron chi connectivity index (χ4n) is 1.32. The Bertz CT molecular complexity index is 405. The normalized spacial score (nSPS) is 10.6. The largest absolute Gasteiger partial charge is 0.481 e. The maximum Gasteiger partial charge on any atom is 0.387 e. The van der Waals surface area contributed by atoms with Crippen LogP contribution in [0.15, 0.2) is 12.1 Å². The third-order valence-corrected chi connectivity index (χ3v) is 1.94. The Morgan fingerprint density at radius 3 is 2.62 bits per heavy atom. The van der Waals surface area contributed by atoms with Gasteiger partial charge in [0.1, 0.15) is 11.6 Å². The van der Waals surface area contributed by atoms with Crippen molar-refractivity contribution in [3.8, 4) is 5.75 Å². The highest BCUT2D eigenvalue weighted by molar-refractivity contribution is 5.72. The number of rotatable bonds is 4. The summed E-state index contributed by atoms with van der Waals surface area (Å²) in [7, 11) is 0. The summed E-state index contributed by atoms with van der Waals surface area (Å²) in [5, 5.41) is 8.58. The number of hydrogen-bond donors (Lipinski definition) is 1. The molecule has 6 heteroatoms. The van der Waals surface area contributed by atoms with E-state index < -0.39 is 30.6 Å². The van der Waals surface area contributed by atoms with E-state index in [2.05, 4.69) is 4.74 Å². The fourth-order valence-corrected chi connectivity index (χ4v) is 1.32. The van der Waals surface area contributed by atoms with Gasteiger partial charge in [0.2, 0.25) is 0 Å². The van der Waals surface area contributed by atoms with Crippen molar-refractivity contribution < 1.29 is 27.8 Å². The lowest BCUT2D eigenvalue weighted by Gasteiger charge is -2.12. The molecule has 0 atom stereocenters. The van der Waals surface area contributed by atoms with Crippen LogP contribution in [0.3, 0.4) is 0 Å². The van der Waals surface area contributed by atoms with E-state index in [1.807, 2.05) is 0 Å². The molecule has 0 fully saturated rings. The number of alkyl halides is 2. The zero-order valence-electron chi connectivity index (χ0n) is 8.34. The summed E-state index contributed by atoms with van der Waals surface area (Å²) in [5.41, 5.74) is 0.312. The Kier molecular flexibility index (Phi) is 3.76. The first kappa shape index (κ1) is 12.4. The van der Waals surface area contributed by atoms with Crippen LogP contribution >= 0.6 is 0 Å². The second-order valence-corrected chi connectivity index (χ2v) is 3.15. The molecule has 0 radical (unpaired) electrons. The molecule has 0 unspecified atom stereocenters. The van der Waals surface area contributed by atoms with Gasteiger partial charge in [0.25, 0.3) is 0 Å². The van der Waals surface area contributed by atoms with Crippen molar-refractivity contribution in [2.45, 2.75) is 20.0 Å². The number of aryl methyl sites for hydroxylation is 1. The molecule has 1 aromatic carbocycles. The van der Waals surface area contributed by atoms with Crippen molar-refractivity contribution in [3.05, 3.63) is 29.1 Å². The maximum absolute atomic E-state index is 12.9. The molecule has 0 aliphatic heterocycles. The first-order valence-electron chi connectivity index (χ1n) is 4.35. The van der Waals surface area contributed by atoms with Gasteiger partial charge < -0.3 is 9.84 Å². The third-order valence-electron chi connectivity index (χ3n) is 1.94. The van der Waals surface area contributed by atoms with Gasteiger partial charge in [-0.05, 0) is 18.6 Å². The van der Waals surface area contributed by atoms with Gasteiger partial charge in [-0.1, -0.05) is 0 Å². The molecular formula is C10H9F3O3. The average Bonchev–Trinajstić information content (AvgIpc) is 2.09. The Balaban J connectivity index is 3.15. The molecule has 88 valence electrons. The number of hydrogen-bond acceptors (Lipinski definition) is 2. The molecular weight excluding hydrogens is 225 g/mol. The predicted octanol–water partition coefficient (Wildman–Crippen LogP) is 2.36. The average molecular weight is 234 g/mol. The highest BCUT2D eigenvalue weighted by Gasteiger charge is 2.16. The summed E-state index contributed by atoms with van der Waals surface area (Å²) in [6.07, 6.45) is -0.492. The maximum atomic E-state index is 12.9. The third kappa shape index (κ3) is 3.15. The second-order valence-electron chi connectivity index (χ2n) is 3.15. The van der Waals surface area contributed by atoms with Crippen LogP contribution in [0.5, 0.6) is 5.75 Å². The van der Waals surface area contributed by atoms with Gasteiger partial charge in [0, 0.05) is 11.6 Å². The first-order chi connectivity index (χ1) is 7.40. The molecule has 0 amide bonds. The molecule has 0 aromatic heterocycles. The monoisotopic (exact) mass is 234 g/mol. The van der Waals surface area contributed by atoms with Crippen LogP contribution in [-0.4, -0.2) is 17.7 Å². The number of carboxylic acids is 1. The van der Waals surface area contributed by atoms with E-state index in [0.717, 1.165) is 12.1 Å². The molecule has 16 heavy (non-hydrogen) atoms. The highest BCUT2D eigenvalue weighted by Crippen LogP contribution is 2.26. The van der Waals surface area contributed by atoms with Gasteiger partial charge in [0.15, 0.2) is 0 Å². The molecule has 1 rings (SSSR count). The van der Waals surface area contributed by atoms with Crippen LogP contribution in [0.25, 0.3) is 0 Å². The lowest BCUT2D eigenvalue weighted by atomic mass is 10.0. The first-order valence-corrected chi connectivity index (χ1v) is 4.35. The highest BCUT2D eigenvalue weighted by atomic mass is 19.3. The smallest absolute Gasteiger partial charge is 0.387 e. The van der Waals surface area contributed by atoms with E-state index in [1.54, 1.807) is 0 Å². The Morgan fingerprint density at radius 1 is 1.50 bits per heavy atom. The van der Waals surface area contributed by atoms with Gasteiger partial charge in [-0.15, -0.1) is 0 Å². The van der Waals surface area contributed by atoms with Crippen molar-refractivity contribution in [3.63, 3.8) is 0 Å². The summed E-state index contributed by atoms with van der Waals surface area (Å²) >= 11 is 0. The molecule has 0 bridgehead atoms. The van der Waals surface area contributed by atoms with E-state index >= 15 is 0 Å². The van der Waals surface area contributed by atoms with E-state index in [9.17, 15) is 18.0 Å². The topological polar surface area (TPSA) is 46.5 Å². The van der Waals surface area contributed by atoms with Crippen LogP contribution in [0, 0.1) is 12.7 Å². The Morgan fingerprint density at radius 2 is 2.12 bits per heavy atom. The number of benzene rings is 1. The Labute approximate surface area is 89.5 Å². The van der Waals surface area contributed by atoms with E-state index in [-0.39, 0.29) is 11.1 Å². The van der Waals surface area contributed by atoms with E-state index in [1.165, 1.54) is 6.92 Å². The van der Waals surface area contributed by atoms with Gasteiger partial charge in [-0.25, -0.2) is 4.39 Å². The number of aliphatic carboxylic acids is 1. The van der Waals surface area contributed by atoms with Crippen LogP contribution in [0.2, 0.25) is 0 Å². The number of carbonyl (C=O) groups is 1. The molecule has 0 saturated heterocycles. The zero-order chi connectivity index (χ0) is 12.3. The molecule has 1 N–H and O–H groups in total. The molecule has 0 heterocycles. The summed E-state index contributed by atoms with van der Waals surface area (Å²) in [5.74, 6) is -2.38. The van der Waals surface area contributed by atoms with Crippen molar-refractivity contribution in [1.29, 1.82) is 0 Å². The molecule has 3 nitrogen and oxygen atoms in total. The predicted molar refractivity (Wildman–Crippen MR) is 49.1 cm³/mol. The summed E-state index contributed by atoms with van der Waals surface area (Å²) in [6, 6.07) is 1.81. The van der Waals surface area contributed by atoms with Crippen molar-refractivity contribution in [2.24, 2.45) is 0 Å². The van der Waals surface area contributed by atoms with Gasteiger partial charge >= 0.3 is 12.6 Å².